The molecule has 0 aliphatic heterocycles. The summed E-state index contributed by atoms with van der Waals surface area (Å²) in [5, 5.41) is 0.667. The SMILES string of the molecule is BC(P)P. The largest absolute Gasteiger partial charge is 0.139 e. The van der Waals surface area contributed by atoms with Crippen molar-refractivity contribution >= 4 is 26.3 Å². The van der Waals surface area contributed by atoms with E-state index < -0.39 is 0 Å². The summed E-state index contributed by atoms with van der Waals surface area (Å²) in [6, 6.07) is 0. The van der Waals surface area contributed by atoms with Gasteiger partial charge in [-0.25, -0.2) is 0 Å². The van der Waals surface area contributed by atoms with Crippen LogP contribution in [0.5, 0.6) is 0 Å². The molecule has 4 heavy (non-hydrogen) atoms. The minimum absolute atomic E-state index is 0.667. The predicted octanol–water partition coefficient (Wildman–Crippen LogP) is -0.347. The molecule has 0 fully saturated rings. The van der Waals surface area contributed by atoms with Crippen LogP contribution in [0.25, 0.3) is 0 Å². The van der Waals surface area contributed by atoms with Crippen molar-refractivity contribution in [1.82, 2.24) is 0 Å². The van der Waals surface area contributed by atoms with E-state index in [-0.39, 0.29) is 0 Å². The molecule has 0 amide bonds. The van der Waals surface area contributed by atoms with Gasteiger partial charge in [0, 0.05) is 0 Å². The van der Waals surface area contributed by atoms with Gasteiger partial charge in [-0.1, -0.05) is 0 Å². The first-order valence-corrected chi connectivity index (χ1v) is 2.58. The van der Waals surface area contributed by atoms with Gasteiger partial charge in [0.05, 0.1) is 0 Å². The Labute approximate surface area is 32.6 Å². The molecule has 0 aliphatic rings. The molecule has 0 spiro atoms. The zero-order valence-corrected chi connectivity index (χ0v) is 5.04. The van der Waals surface area contributed by atoms with E-state index in [1.54, 1.807) is 0 Å². The average Bonchev–Trinajstić information content (AvgIpc) is 0.811. The summed E-state index contributed by atoms with van der Waals surface area (Å²) >= 11 is 0. The Morgan fingerprint density at radius 3 is 1.50 bits per heavy atom. The molecule has 3 heteroatoms. The van der Waals surface area contributed by atoms with Crippen LogP contribution >= 0.6 is 18.5 Å². The summed E-state index contributed by atoms with van der Waals surface area (Å²) in [6.45, 7) is 0. The minimum atomic E-state index is 0.667. The first-order chi connectivity index (χ1) is 1.73. The van der Waals surface area contributed by atoms with Crippen LogP contribution in [0.1, 0.15) is 0 Å². The van der Waals surface area contributed by atoms with Gasteiger partial charge in [-0.3, -0.25) is 0 Å². The van der Waals surface area contributed by atoms with Gasteiger partial charge < -0.3 is 0 Å². The van der Waals surface area contributed by atoms with E-state index in [2.05, 4.69) is 26.3 Å². The lowest BCUT2D eigenvalue weighted by molar-refractivity contribution is 2.05. The smallest absolute Gasteiger partial charge is 0.115 e. The maximum atomic E-state index is 2.62. The molecule has 0 saturated carbocycles. The van der Waals surface area contributed by atoms with Crippen LogP contribution in [-0.2, 0) is 0 Å². The van der Waals surface area contributed by atoms with E-state index in [1.807, 2.05) is 0 Å². The molecule has 0 aromatic heterocycles. The van der Waals surface area contributed by atoms with Gasteiger partial charge in [0.25, 0.3) is 0 Å². The quantitative estimate of drug-likeness (QED) is 0.283. The highest BCUT2D eigenvalue weighted by Gasteiger charge is 1.69. The second-order valence-corrected chi connectivity index (χ2v) is 3.73. The molecule has 0 radical (unpaired) electrons. The molecule has 2 unspecified atom stereocenters. The molecule has 0 nitrogen and oxygen atoms in total. The molecule has 2 atom stereocenters. The fourth-order valence-electron chi connectivity index (χ4n) is 0. The third kappa shape index (κ3) is 12.7. The van der Waals surface area contributed by atoms with Gasteiger partial charge >= 0.3 is 0 Å². The van der Waals surface area contributed by atoms with Crippen molar-refractivity contribution in [3.8, 4) is 0 Å². The van der Waals surface area contributed by atoms with Crippen LogP contribution in [0.15, 0.2) is 0 Å². The van der Waals surface area contributed by atoms with Crippen LogP contribution in [0.3, 0.4) is 0 Å². The Morgan fingerprint density at radius 1 is 1.50 bits per heavy atom. The molecular weight excluding hydrogens is 84.8 g/mol. The van der Waals surface area contributed by atoms with Gasteiger partial charge in [0.2, 0.25) is 0 Å². The van der Waals surface area contributed by atoms with E-state index in [0.717, 1.165) is 0 Å². The molecule has 0 aromatic carbocycles. The maximum absolute atomic E-state index is 2.62. The number of hydrogen-bond donors (Lipinski definition) is 0. The van der Waals surface area contributed by atoms with Crippen molar-refractivity contribution in [2.75, 3.05) is 0 Å². The zero-order valence-electron chi connectivity index (χ0n) is 2.73. The highest BCUT2D eigenvalue weighted by atomic mass is 31.1. The average molecular weight is 91.8 g/mol. The third-order valence-corrected chi connectivity index (χ3v) is 0. The normalized spacial score (nSPS) is 8.75. The summed E-state index contributed by atoms with van der Waals surface area (Å²) in [5.41, 5.74) is 0. The fraction of sp³-hybridized carbons (Fsp3) is 1.00. The van der Waals surface area contributed by atoms with Crippen molar-refractivity contribution in [2.24, 2.45) is 0 Å². The van der Waals surface area contributed by atoms with E-state index >= 15 is 0 Å². The highest BCUT2D eigenvalue weighted by Crippen LogP contribution is 1.99. The minimum Gasteiger partial charge on any atom is -0.139 e. The Morgan fingerprint density at radius 2 is 1.50 bits per heavy atom. The topological polar surface area (TPSA) is 0 Å². The first kappa shape index (κ1) is 4.92. The fourth-order valence-corrected chi connectivity index (χ4v) is 0. The molecular formula is CH7BP2. The molecule has 0 aliphatic carbocycles. The lowest BCUT2D eigenvalue weighted by Crippen LogP contribution is -1.72. The van der Waals surface area contributed by atoms with Gasteiger partial charge in [-0.15, -0.1) is 18.5 Å². The van der Waals surface area contributed by atoms with Crippen LogP contribution in [0.2, 0.25) is 0 Å². The molecule has 0 heterocycles. The van der Waals surface area contributed by atoms with Crippen LogP contribution in [-0.4, -0.2) is 13.1 Å². The third-order valence-electron chi connectivity index (χ3n) is 0. The molecule has 24 valence electrons. The molecule has 0 rings (SSSR count). The summed E-state index contributed by atoms with van der Waals surface area (Å²) < 4.78 is 0. The van der Waals surface area contributed by atoms with Crippen molar-refractivity contribution in [2.45, 2.75) is 5.30 Å². The monoisotopic (exact) mass is 92.0 g/mol. The van der Waals surface area contributed by atoms with Crippen molar-refractivity contribution < 1.29 is 0 Å². The second kappa shape index (κ2) is 2.18. The van der Waals surface area contributed by atoms with Crippen LogP contribution in [0, 0.1) is 0 Å². The van der Waals surface area contributed by atoms with E-state index in [9.17, 15) is 0 Å². The Balaban J connectivity index is 2.32. The van der Waals surface area contributed by atoms with Crippen molar-refractivity contribution in [3.05, 3.63) is 0 Å². The van der Waals surface area contributed by atoms with E-state index in [0.29, 0.717) is 5.30 Å². The van der Waals surface area contributed by atoms with Gasteiger partial charge in [0.15, 0.2) is 0 Å². The lowest BCUT2D eigenvalue weighted by Gasteiger charge is -1.78. The zero-order chi connectivity index (χ0) is 3.58. The van der Waals surface area contributed by atoms with Crippen molar-refractivity contribution in [3.63, 3.8) is 0 Å². The first-order valence-electron chi connectivity index (χ1n) is 1.24. The summed E-state index contributed by atoms with van der Waals surface area (Å²) in [6.07, 6.45) is 0. The molecule has 0 bridgehead atoms. The van der Waals surface area contributed by atoms with Gasteiger partial charge in [-0.2, -0.15) is 0 Å². The maximum Gasteiger partial charge on any atom is 0.115 e. The standard InChI is InChI=1S/CH7BP2/c2-1(3)4/h1H,2-4H2. The van der Waals surface area contributed by atoms with Gasteiger partial charge in [-0.05, 0) is 5.30 Å². The van der Waals surface area contributed by atoms with Crippen molar-refractivity contribution in [1.29, 1.82) is 0 Å². The van der Waals surface area contributed by atoms with Crippen LogP contribution < -0.4 is 0 Å². The second-order valence-electron chi connectivity index (χ2n) is 0.859. The van der Waals surface area contributed by atoms with E-state index in [4.69, 9.17) is 0 Å². The Hall–Kier alpha value is 0.925. The van der Waals surface area contributed by atoms with E-state index in [1.165, 1.54) is 0 Å². The summed E-state index contributed by atoms with van der Waals surface area (Å²) in [7, 11) is 7.33. The number of rotatable bonds is 0. The summed E-state index contributed by atoms with van der Waals surface area (Å²) in [5.74, 6) is 0. The molecule has 0 N–H and O–H groups in total. The Bertz CT molecular complexity index is 10.8. The summed E-state index contributed by atoms with van der Waals surface area (Å²) in [4.78, 5) is 0. The molecule has 0 saturated heterocycles. The molecule has 0 aromatic rings. The number of hydrogen-bond acceptors (Lipinski definition) is 0. The Kier molecular flexibility index (Phi) is 2.68. The highest BCUT2D eigenvalue weighted by molar-refractivity contribution is 7.41. The van der Waals surface area contributed by atoms with Crippen LogP contribution in [0.4, 0.5) is 0 Å². The van der Waals surface area contributed by atoms with Gasteiger partial charge in [0.1, 0.15) is 7.85 Å². The predicted molar refractivity (Wildman–Crippen MR) is 31.8 cm³/mol. The lowest BCUT2D eigenvalue weighted by atomic mass is 10.2.